The van der Waals surface area contributed by atoms with E-state index < -0.39 is 0 Å². The summed E-state index contributed by atoms with van der Waals surface area (Å²) in [6, 6.07) is 8.02. The zero-order valence-corrected chi connectivity index (χ0v) is 7.29. The SMILES string of the molecule is C=CSn1cnc2ccccc21. The summed E-state index contributed by atoms with van der Waals surface area (Å²) in [5.74, 6) is 0. The Kier molecular flexibility index (Phi) is 1.87. The standard InChI is InChI=1S/C9H8N2S/c1-2-12-11-7-10-8-5-3-4-6-9(8)11/h2-7H,1H2. The summed E-state index contributed by atoms with van der Waals surface area (Å²) in [6.07, 6.45) is 1.80. The van der Waals surface area contributed by atoms with Gasteiger partial charge in [-0.2, -0.15) is 0 Å². The fourth-order valence-corrected chi connectivity index (χ4v) is 1.63. The van der Waals surface area contributed by atoms with Crippen LogP contribution in [0.1, 0.15) is 0 Å². The van der Waals surface area contributed by atoms with Crippen LogP contribution in [0, 0.1) is 0 Å². The predicted molar refractivity (Wildman–Crippen MR) is 52.9 cm³/mol. The number of nitrogens with zero attached hydrogens (tertiary/aromatic N) is 2. The second-order valence-electron chi connectivity index (χ2n) is 2.33. The maximum atomic E-state index is 4.23. The monoisotopic (exact) mass is 176 g/mol. The molecule has 0 amide bonds. The van der Waals surface area contributed by atoms with E-state index in [1.165, 1.54) is 11.9 Å². The highest BCUT2D eigenvalue weighted by Crippen LogP contribution is 2.17. The molecule has 1 aromatic carbocycles. The minimum atomic E-state index is 1.02. The minimum Gasteiger partial charge on any atom is -0.268 e. The van der Waals surface area contributed by atoms with Crippen LogP contribution in [-0.2, 0) is 0 Å². The molecule has 0 bridgehead atoms. The van der Waals surface area contributed by atoms with E-state index in [-0.39, 0.29) is 0 Å². The van der Waals surface area contributed by atoms with Crippen molar-refractivity contribution in [1.82, 2.24) is 8.96 Å². The molecule has 0 N–H and O–H groups in total. The molecule has 0 aliphatic carbocycles. The van der Waals surface area contributed by atoms with E-state index in [4.69, 9.17) is 0 Å². The van der Waals surface area contributed by atoms with Gasteiger partial charge >= 0.3 is 0 Å². The van der Waals surface area contributed by atoms with Crippen molar-refractivity contribution in [3.05, 3.63) is 42.6 Å². The number of hydrogen-bond acceptors (Lipinski definition) is 2. The zero-order chi connectivity index (χ0) is 8.39. The van der Waals surface area contributed by atoms with Gasteiger partial charge in [-0.25, -0.2) is 4.98 Å². The van der Waals surface area contributed by atoms with Crippen molar-refractivity contribution in [3.8, 4) is 0 Å². The molecule has 3 heteroatoms. The molecule has 2 rings (SSSR count). The third-order valence-corrected chi connectivity index (χ3v) is 2.28. The summed E-state index contributed by atoms with van der Waals surface area (Å²) >= 11 is 1.53. The molecule has 0 aliphatic heterocycles. The highest BCUT2D eigenvalue weighted by Gasteiger charge is 1.98. The molecule has 0 saturated heterocycles. The second-order valence-corrected chi connectivity index (χ2v) is 3.27. The van der Waals surface area contributed by atoms with Crippen LogP contribution in [0.4, 0.5) is 0 Å². The Morgan fingerprint density at radius 1 is 1.42 bits per heavy atom. The molecular formula is C9H8N2S. The fraction of sp³-hybridized carbons (Fsp3) is 0. The molecular weight excluding hydrogens is 168 g/mol. The van der Waals surface area contributed by atoms with Crippen molar-refractivity contribution in [1.29, 1.82) is 0 Å². The lowest BCUT2D eigenvalue weighted by Gasteiger charge is -1.95. The summed E-state index contributed by atoms with van der Waals surface area (Å²) in [6.45, 7) is 3.66. The van der Waals surface area contributed by atoms with E-state index in [0.717, 1.165) is 11.0 Å². The van der Waals surface area contributed by atoms with Crippen molar-refractivity contribution >= 4 is 23.0 Å². The van der Waals surface area contributed by atoms with Gasteiger partial charge < -0.3 is 0 Å². The van der Waals surface area contributed by atoms with Crippen LogP contribution in [0.5, 0.6) is 0 Å². The van der Waals surface area contributed by atoms with Gasteiger partial charge in [0.05, 0.1) is 11.0 Å². The minimum absolute atomic E-state index is 1.02. The van der Waals surface area contributed by atoms with Crippen LogP contribution in [0.25, 0.3) is 11.0 Å². The summed E-state index contributed by atoms with van der Waals surface area (Å²) in [5, 5.41) is 1.79. The van der Waals surface area contributed by atoms with Gasteiger partial charge in [-0.05, 0) is 29.5 Å². The molecule has 2 aromatic rings. The molecule has 0 radical (unpaired) electrons. The first-order chi connectivity index (χ1) is 5.92. The normalized spacial score (nSPS) is 10.3. The number of hydrogen-bond donors (Lipinski definition) is 0. The molecule has 0 aliphatic rings. The van der Waals surface area contributed by atoms with Gasteiger partial charge in [0.15, 0.2) is 0 Å². The van der Waals surface area contributed by atoms with E-state index in [2.05, 4.69) is 11.6 Å². The number of imidazole rings is 1. The van der Waals surface area contributed by atoms with E-state index in [0.29, 0.717) is 0 Å². The van der Waals surface area contributed by atoms with Gasteiger partial charge in [-0.15, -0.1) is 0 Å². The van der Waals surface area contributed by atoms with E-state index >= 15 is 0 Å². The van der Waals surface area contributed by atoms with Gasteiger partial charge in [0, 0.05) is 0 Å². The Morgan fingerprint density at radius 3 is 3.08 bits per heavy atom. The van der Waals surface area contributed by atoms with Gasteiger partial charge in [0.1, 0.15) is 6.33 Å². The fourth-order valence-electron chi connectivity index (χ4n) is 1.10. The molecule has 0 fully saturated rings. The molecule has 0 spiro atoms. The van der Waals surface area contributed by atoms with Crippen LogP contribution in [-0.4, -0.2) is 8.96 Å². The molecule has 0 atom stereocenters. The maximum Gasteiger partial charge on any atom is 0.106 e. The third kappa shape index (κ3) is 1.12. The van der Waals surface area contributed by atoms with Crippen molar-refractivity contribution in [2.75, 3.05) is 0 Å². The lowest BCUT2D eigenvalue weighted by molar-refractivity contribution is 1.27. The average molecular weight is 176 g/mol. The molecule has 1 aromatic heterocycles. The van der Waals surface area contributed by atoms with Crippen molar-refractivity contribution in [3.63, 3.8) is 0 Å². The van der Waals surface area contributed by atoms with E-state index in [1.54, 1.807) is 11.7 Å². The lowest BCUT2D eigenvalue weighted by atomic mass is 10.3. The van der Waals surface area contributed by atoms with Gasteiger partial charge in [-0.3, -0.25) is 3.97 Å². The highest BCUT2D eigenvalue weighted by atomic mass is 32.2. The highest BCUT2D eigenvalue weighted by molar-refractivity contribution is 8.00. The van der Waals surface area contributed by atoms with Crippen molar-refractivity contribution in [2.45, 2.75) is 0 Å². The van der Waals surface area contributed by atoms with E-state index in [1.807, 2.05) is 28.2 Å². The van der Waals surface area contributed by atoms with E-state index in [9.17, 15) is 0 Å². The second kappa shape index (κ2) is 3.03. The van der Waals surface area contributed by atoms with Crippen molar-refractivity contribution in [2.24, 2.45) is 0 Å². The third-order valence-electron chi connectivity index (χ3n) is 1.61. The zero-order valence-electron chi connectivity index (χ0n) is 6.47. The van der Waals surface area contributed by atoms with Crippen LogP contribution in [0.2, 0.25) is 0 Å². The first-order valence-electron chi connectivity index (χ1n) is 3.62. The molecule has 1 heterocycles. The lowest BCUT2D eigenvalue weighted by Crippen LogP contribution is -1.78. The van der Waals surface area contributed by atoms with Gasteiger partial charge in [-0.1, -0.05) is 18.7 Å². The van der Waals surface area contributed by atoms with Gasteiger partial charge in [0.25, 0.3) is 0 Å². The first-order valence-corrected chi connectivity index (χ1v) is 4.45. The average Bonchev–Trinajstić information content (AvgIpc) is 2.50. The maximum absolute atomic E-state index is 4.23. The number of para-hydroxylation sites is 2. The number of benzene rings is 1. The van der Waals surface area contributed by atoms with Crippen LogP contribution in [0.3, 0.4) is 0 Å². The molecule has 60 valence electrons. The summed E-state index contributed by atoms with van der Waals surface area (Å²) in [5.41, 5.74) is 2.15. The number of aromatic nitrogens is 2. The number of fused-ring (bicyclic) bond motifs is 1. The Balaban J connectivity index is 2.62. The van der Waals surface area contributed by atoms with Crippen LogP contribution < -0.4 is 0 Å². The van der Waals surface area contributed by atoms with Crippen molar-refractivity contribution < 1.29 is 0 Å². The van der Waals surface area contributed by atoms with Gasteiger partial charge in [0.2, 0.25) is 0 Å². The van der Waals surface area contributed by atoms with Crippen LogP contribution in [0.15, 0.2) is 42.6 Å². The first kappa shape index (κ1) is 7.43. The Hall–Kier alpha value is -1.22. The quantitative estimate of drug-likeness (QED) is 0.700. The number of rotatable bonds is 2. The summed E-state index contributed by atoms with van der Waals surface area (Å²) < 4.78 is 1.99. The molecule has 0 saturated carbocycles. The van der Waals surface area contributed by atoms with Crippen LogP contribution >= 0.6 is 11.9 Å². The molecule has 2 nitrogen and oxygen atoms in total. The topological polar surface area (TPSA) is 17.8 Å². The predicted octanol–water partition coefficient (Wildman–Crippen LogP) is 2.68. The Morgan fingerprint density at radius 2 is 2.25 bits per heavy atom. The largest absolute Gasteiger partial charge is 0.268 e. The smallest absolute Gasteiger partial charge is 0.106 e. The summed E-state index contributed by atoms with van der Waals surface area (Å²) in [7, 11) is 0. The summed E-state index contributed by atoms with van der Waals surface area (Å²) in [4.78, 5) is 4.23. The molecule has 0 unspecified atom stereocenters. The Bertz CT molecular complexity index is 406. The molecule has 12 heavy (non-hydrogen) atoms. The Labute approximate surface area is 75.1 Å².